The minimum atomic E-state index is -0.238. The molecule has 0 atom stereocenters. The fourth-order valence-corrected chi connectivity index (χ4v) is 4.17. The molecular formula is C21H14BrN3O2S. The van der Waals surface area contributed by atoms with E-state index in [0.29, 0.717) is 21.7 Å². The van der Waals surface area contributed by atoms with E-state index in [1.54, 1.807) is 12.1 Å². The summed E-state index contributed by atoms with van der Waals surface area (Å²) in [6.07, 6.45) is 1.58. The van der Waals surface area contributed by atoms with Crippen molar-refractivity contribution in [3.05, 3.63) is 73.2 Å². The van der Waals surface area contributed by atoms with Crippen LogP contribution in [-0.4, -0.2) is 9.97 Å². The Labute approximate surface area is 173 Å². The highest BCUT2D eigenvalue weighted by atomic mass is 79.9. The summed E-state index contributed by atoms with van der Waals surface area (Å²) in [5.41, 5.74) is 1.85. The van der Waals surface area contributed by atoms with Crippen LogP contribution in [0.4, 0.5) is 0 Å². The number of thiophene rings is 1. The molecule has 28 heavy (non-hydrogen) atoms. The van der Waals surface area contributed by atoms with E-state index in [2.05, 4.69) is 32.0 Å². The lowest BCUT2D eigenvalue weighted by Crippen LogP contribution is -2.10. The molecule has 4 aromatic rings. The fraction of sp³-hybridized carbons (Fsp3) is 0.0952. The monoisotopic (exact) mass is 451 g/mol. The number of allylic oxidation sites excluding steroid dienone is 1. The molecule has 0 aliphatic rings. The molecule has 0 amide bonds. The van der Waals surface area contributed by atoms with Crippen LogP contribution in [0.3, 0.4) is 0 Å². The van der Waals surface area contributed by atoms with Gasteiger partial charge in [-0.05, 0) is 43.7 Å². The first-order valence-electron chi connectivity index (χ1n) is 8.44. The topological polar surface area (TPSA) is 82.7 Å². The van der Waals surface area contributed by atoms with Crippen LogP contribution < -0.4 is 5.56 Å². The number of furan rings is 1. The summed E-state index contributed by atoms with van der Waals surface area (Å²) in [6.45, 7) is 3.85. The summed E-state index contributed by atoms with van der Waals surface area (Å²) >= 11 is 4.86. The number of hydrogen-bond donors (Lipinski definition) is 1. The highest BCUT2D eigenvalue weighted by molar-refractivity contribution is 9.10. The largest absolute Gasteiger partial charge is 0.457 e. The molecule has 0 bridgehead atoms. The number of nitriles is 1. The molecule has 0 spiro atoms. The molecular weight excluding hydrogens is 438 g/mol. The molecule has 0 saturated carbocycles. The number of fused-ring (bicyclic) bond motifs is 1. The zero-order chi connectivity index (χ0) is 19.8. The summed E-state index contributed by atoms with van der Waals surface area (Å²) in [5, 5.41) is 10.2. The van der Waals surface area contributed by atoms with Gasteiger partial charge in [-0.2, -0.15) is 5.26 Å². The molecule has 0 saturated heterocycles. The smallest absolute Gasteiger partial charge is 0.260 e. The van der Waals surface area contributed by atoms with E-state index < -0.39 is 0 Å². The second-order valence-electron chi connectivity index (χ2n) is 6.26. The first kappa shape index (κ1) is 18.4. The Morgan fingerprint density at radius 3 is 2.71 bits per heavy atom. The molecule has 3 heterocycles. The van der Waals surface area contributed by atoms with Crippen molar-refractivity contribution in [2.24, 2.45) is 0 Å². The van der Waals surface area contributed by atoms with E-state index in [0.717, 1.165) is 20.5 Å². The Kier molecular flexibility index (Phi) is 4.75. The minimum Gasteiger partial charge on any atom is -0.457 e. The van der Waals surface area contributed by atoms with Gasteiger partial charge in [0.15, 0.2) is 5.82 Å². The van der Waals surface area contributed by atoms with E-state index in [1.807, 2.05) is 44.2 Å². The molecule has 0 unspecified atom stereocenters. The summed E-state index contributed by atoms with van der Waals surface area (Å²) in [4.78, 5) is 21.3. The predicted molar refractivity (Wildman–Crippen MR) is 115 cm³/mol. The van der Waals surface area contributed by atoms with E-state index in [9.17, 15) is 10.1 Å². The number of rotatable bonds is 3. The maximum atomic E-state index is 12.5. The maximum Gasteiger partial charge on any atom is 0.260 e. The second kappa shape index (κ2) is 7.23. The van der Waals surface area contributed by atoms with Crippen LogP contribution in [0.15, 0.2) is 50.1 Å². The van der Waals surface area contributed by atoms with Crippen LogP contribution in [-0.2, 0) is 0 Å². The van der Waals surface area contributed by atoms with Gasteiger partial charge in [-0.3, -0.25) is 4.79 Å². The third kappa shape index (κ3) is 3.33. The molecule has 1 N–H and O–H groups in total. The average Bonchev–Trinajstić information content (AvgIpc) is 3.25. The van der Waals surface area contributed by atoms with Crippen LogP contribution in [0.5, 0.6) is 0 Å². The fourth-order valence-electron chi connectivity index (χ4n) is 2.88. The highest BCUT2D eigenvalue weighted by Gasteiger charge is 2.14. The van der Waals surface area contributed by atoms with Gasteiger partial charge in [0.1, 0.15) is 22.4 Å². The molecule has 5 nitrogen and oxygen atoms in total. The zero-order valence-corrected chi connectivity index (χ0v) is 17.4. The number of halogens is 1. The van der Waals surface area contributed by atoms with Gasteiger partial charge in [-0.15, -0.1) is 11.3 Å². The van der Waals surface area contributed by atoms with E-state index in [-0.39, 0.29) is 17.0 Å². The van der Waals surface area contributed by atoms with Gasteiger partial charge in [-0.1, -0.05) is 28.1 Å². The Morgan fingerprint density at radius 2 is 2.00 bits per heavy atom. The van der Waals surface area contributed by atoms with Gasteiger partial charge in [-0.25, -0.2) is 4.98 Å². The summed E-state index contributed by atoms with van der Waals surface area (Å²) in [7, 11) is 0. The molecule has 0 fully saturated rings. The quantitative estimate of drug-likeness (QED) is 0.405. The average molecular weight is 452 g/mol. The van der Waals surface area contributed by atoms with Crippen LogP contribution in [0.1, 0.15) is 22.0 Å². The minimum absolute atomic E-state index is 0.236. The van der Waals surface area contributed by atoms with E-state index in [1.165, 1.54) is 11.3 Å². The predicted octanol–water partition coefficient (Wildman–Crippen LogP) is 5.69. The van der Waals surface area contributed by atoms with Crippen molar-refractivity contribution < 1.29 is 4.42 Å². The Hall–Kier alpha value is -2.95. The normalized spacial score (nSPS) is 11.7. The van der Waals surface area contributed by atoms with Gasteiger partial charge >= 0.3 is 0 Å². The zero-order valence-electron chi connectivity index (χ0n) is 15.0. The number of benzene rings is 1. The number of aryl methyl sites for hydroxylation is 2. The molecule has 3 aromatic heterocycles. The first-order valence-corrected chi connectivity index (χ1v) is 10.0. The number of nitrogens with zero attached hydrogens (tertiary/aromatic N) is 2. The van der Waals surface area contributed by atoms with Crippen LogP contribution >= 0.6 is 27.3 Å². The van der Waals surface area contributed by atoms with Gasteiger partial charge in [0.05, 0.1) is 11.0 Å². The third-order valence-corrected chi connectivity index (χ3v) is 6.09. The molecule has 0 aliphatic heterocycles. The van der Waals surface area contributed by atoms with Crippen molar-refractivity contribution in [2.45, 2.75) is 13.8 Å². The summed E-state index contributed by atoms with van der Waals surface area (Å²) < 4.78 is 6.83. The number of H-pyrrole nitrogens is 1. The second-order valence-corrected chi connectivity index (χ2v) is 8.38. The van der Waals surface area contributed by atoms with Gasteiger partial charge < -0.3 is 9.40 Å². The lowest BCUT2D eigenvalue weighted by molar-refractivity contribution is 0.572. The molecule has 138 valence electrons. The van der Waals surface area contributed by atoms with Crippen LogP contribution in [0, 0.1) is 25.2 Å². The van der Waals surface area contributed by atoms with E-state index in [4.69, 9.17) is 4.42 Å². The van der Waals surface area contributed by atoms with Gasteiger partial charge in [0.25, 0.3) is 5.56 Å². The lowest BCUT2D eigenvalue weighted by atomic mass is 10.2. The van der Waals surface area contributed by atoms with Crippen molar-refractivity contribution in [3.63, 3.8) is 0 Å². The van der Waals surface area contributed by atoms with Crippen molar-refractivity contribution in [3.8, 4) is 17.4 Å². The molecule has 4 rings (SSSR count). The van der Waals surface area contributed by atoms with Crippen molar-refractivity contribution in [2.75, 3.05) is 0 Å². The van der Waals surface area contributed by atoms with Crippen LogP contribution in [0.2, 0.25) is 0 Å². The Balaban J connectivity index is 1.74. The SMILES string of the molecule is Cc1sc2nc(/C(C#N)=C/c3ccc(-c4ccc(Br)cc4)o3)[nH]c(=O)c2c1C. The Bertz CT molecular complexity index is 1320. The van der Waals surface area contributed by atoms with Gasteiger partial charge in [0, 0.05) is 21.0 Å². The van der Waals surface area contributed by atoms with Crippen molar-refractivity contribution in [1.82, 2.24) is 9.97 Å². The molecule has 1 aromatic carbocycles. The third-order valence-electron chi connectivity index (χ3n) is 4.46. The number of aromatic amines is 1. The van der Waals surface area contributed by atoms with Crippen LogP contribution in [0.25, 0.3) is 33.2 Å². The molecule has 0 aliphatic carbocycles. The number of hydrogen-bond acceptors (Lipinski definition) is 5. The lowest BCUT2D eigenvalue weighted by Gasteiger charge is -1.99. The molecule has 7 heteroatoms. The first-order chi connectivity index (χ1) is 13.5. The van der Waals surface area contributed by atoms with Crippen molar-refractivity contribution >= 4 is 49.1 Å². The molecule has 0 radical (unpaired) electrons. The van der Waals surface area contributed by atoms with Crippen molar-refractivity contribution in [1.29, 1.82) is 5.26 Å². The van der Waals surface area contributed by atoms with E-state index >= 15 is 0 Å². The highest BCUT2D eigenvalue weighted by Crippen LogP contribution is 2.28. The summed E-state index contributed by atoms with van der Waals surface area (Å²) in [6, 6.07) is 13.5. The van der Waals surface area contributed by atoms with Gasteiger partial charge in [0.2, 0.25) is 0 Å². The maximum absolute atomic E-state index is 12.5. The number of nitrogens with one attached hydrogen (secondary N) is 1. The summed E-state index contributed by atoms with van der Waals surface area (Å²) in [5.74, 6) is 1.44. The standard InChI is InChI=1S/C21H14BrN3O2S/c1-11-12(2)28-21-18(11)20(26)24-19(25-21)14(10-23)9-16-7-8-17(27-16)13-3-5-15(22)6-4-13/h3-9H,1-2H3,(H,24,25,26)/b14-9+. The Morgan fingerprint density at radius 1 is 1.25 bits per heavy atom. The number of aromatic nitrogens is 2.